The topological polar surface area (TPSA) is 55.8 Å². The van der Waals surface area contributed by atoms with Crippen LogP contribution in [0.2, 0.25) is 0 Å². The van der Waals surface area contributed by atoms with Crippen molar-refractivity contribution in [3.63, 3.8) is 0 Å². The highest BCUT2D eigenvalue weighted by Gasteiger charge is 2.60. The number of allylic oxidation sites excluding steroid dienone is 1. The zero-order valence-electron chi connectivity index (χ0n) is 18.2. The molecule has 1 aromatic carbocycles. The van der Waals surface area contributed by atoms with Gasteiger partial charge in [0.15, 0.2) is 5.79 Å². The van der Waals surface area contributed by atoms with Gasteiger partial charge in [0.1, 0.15) is 5.78 Å². The number of ether oxygens (including phenoxy) is 2. The predicted molar refractivity (Wildman–Crippen MR) is 126 cm³/mol. The van der Waals surface area contributed by atoms with Gasteiger partial charge in [0, 0.05) is 34.2 Å². The minimum Gasteiger partial charge on any atom is -0.385 e. The highest BCUT2D eigenvalue weighted by Crippen LogP contribution is 2.64. The average Bonchev–Trinajstić information content (AvgIpc) is 3.31. The molecule has 4 nitrogen and oxygen atoms in total. The van der Waals surface area contributed by atoms with Crippen molar-refractivity contribution in [2.45, 2.75) is 75.6 Å². The normalized spacial score (nSPS) is 41.3. The molecule has 0 bridgehead atoms. The van der Waals surface area contributed by atoms with Gasteiger partial charge in [-0.1, -0.05) is 24.6 Å². The molecule has 0 amide bonds. The molecule has 1 saturated heterocycles. The molecule has 4 aliphatic carbocycles. The summed E-state index contributed by atoms with van der Waals surface area (Å²) in [5.41, 5.74) is 2.93. The van der Waals surface area contributed by atoms with Crippen molar-refractivity contribution < 1.29 is 19.4 Å². The number of fused-ring (bicyclic) bond motifs is 4. The van der Waals surface area contributed by atoms with Crippen molar-refractivity contribution in [1.82, 2.24) is 0 Å². The van der Waals surface area contributed by atoms with Gasteiger partial charge in [-0.3, -0.25) is 4.79 Å². The summed E-state index contributed by atoms with van der Waals surface area (Å²) in [4.78, 5) is 13.1. The average molecular weight is 534 g/mol. The number of rotatable bonds is 1. The number of carbonyl (C=O) groups excluding carboxylic acids is 1. The van der Waals surface area contributed by atoms with E-state index in [1.165, 1.54) is 20.3 Å². The Morgan fingerprint density at radius 1 is 1.06 bits per heavy atom. The Bertz CT molecular complexity index is 947. The Morgan fingerprint density at radius 2 is 1.81 bits per heavy atom. The molecule has 3 saturated carbocycles. The second-order valence-electron chi connectivity index (χ2n) is 10.7. The molecule has 1 N–H and O–H groups in total. The summed E-state index contributed by atoms with van der Waals surface area (Å²) in [6.07, 6.45) is 6.51. The number of hydrogen-bond acceptors (Lipinski definition) is 4. The minimum absolute atomic E-state index is 0.214. The van der Waals surface area contributed by atoms with Crippen LogP contribution < -0.4 is 0 Å². The van der Waals surface area contributed by atoms with Crippen LogP contribution in [0.25, 0.3) is 0 Å². The first-order chi connectivity index (χ1) is 14.8. The van der Waals surface area contributed by atoms with Gasteiger partial charge in [-0.05, 0) is 89.8 Å². The number of halogens is 1. The Morgan fingerprint density at radius 3 is 2.55 bits per heavy atom. The third-order valence-electron chi connectivity index (χ3n) is 9.21. The van der Waals surface area contributed by atoms with Gasteiger partial charge in [-0.2, -0.15) is 0 Å². The summed E-state index contributed by atoms with van der Waals surface area (Å²) in [6, 6.07) is 8.82. The fraction of sp³-hybridized carbons (Fsp3) is 0.654. The van der Waals surface area contributed by atoms with Crippen molar-refractivity contribution in [1.29, 1.82) is 0 Å². The summed E-state index contributed by atoms with van der Waals surface area (Å²) in [5, 5.41) is 11.9. The molecule has 1 heterocycles. The lowest BCUT2D eigenvalue weighted by molar-refractivity contribution is -0.208. The lowest BCUT2D eigenvalue weighted by Gasteiger charge is -2.55. The molecular formula is C26H31IO4. The summed E-state index contributed by atoms with van der Waals surface area (Å²) in [5.74, 6) is 0.891. The number of aliphatic hydroxyl groups is 1. The van der Waals surface area contributed by atoms with Crippen LogP contribution in [-0.2, 0) is 14.3 Å². The van der Waals surface area contributed by atoms with Gasteiger partial charge in [-0.25, -0.2) is 0 Å². The van der Waals surface area contributed by atoms with Gasteiger partial charge >= 0.3 is 0 Å². The third-order valence-corrected chi connectivity index (χ3v) is 9.93. The molecule has 6 rings (SSSR count). The van der Waals surface area contributed by atoms with Crippen molar-refractivity contribution >= 4 is 28.4 Å². The summed E-state index contributed by atoms with van der Waals surface area (Å²) < 4.78 is 13.2. The van der Waals surface area contributed by atoms with E-state index in [0.717, 1.165) is 44.9 Å². The molecule has 1 aromatic rings. The number of benzene rings is 1. The van der Waals surface area contributed by atoms with E-state index >= 15 is 0 Å². The zero-order chi connectivity index (χ0) is 21.4. The van der Waals surface area contributed by atoms with E-state index < -0.39 is 11.4 Å². The second kappa shape index (κ2) is 7.12. The smallest absolute Gasteiger partial charge is 0.171 e. The quantitative estimate of drug-likeness (QED) is 0.401. The van der Waals surface area contributed by atoms with Gasteiger partial charge in [0.25, 0.3) is 0 Å². The van der Waals surface area contributed by atoms with Crippen molar-refractivity contribution in [3.8, 4) is 0 Å². The van der Waals surface area contributed by atoms with E-state index in [2.05, 4.69) is 53.8 Å². The first kappa shape index (κ1) is 20.8. The standard InChI is InChI=1S/C26H31IO4/c1-24-14-19(16-2-4-17(27)5-3-16)23-18(20(24)6-7-22(24)28)8-10-25(29)15-26(11-9-21(23)25)30-12-13-31-26/h2-5,18-20,29H,6-15H2,1H3/t18?,19?,20?,24-,25+/m0/s1. The molecular weight excluding hydrogens is 503 g/mol. The molecule has 31 heavy (non-hydrogen) atoms. The Hall–Kier alpha value is -0.760. The largest absolute Gasteiger partial charge is 0.385 e. The first-order valence-electron chi connectivity index (χ1n) is 11.9. The SMILES string of the molecule is C[C@]12CC(c3ccc(I)cc3)C3=C4CCC5(C[C@]4(O)CCC3C1CCC2=O)OCCO5. The molecule has 1 spiro atoms. The maximum absolute atomic E-state index is 13.1. The van der Waals surface area contributed by atoms with Gasteiger partial charge in [-0.15, -0.1) is 0 Å². The Kier molecular flexibility index (Phi) is 4.78. The third kappa shape index (κ3) is 3.06. The predicted octanol–water partition coefficient (Wildman–Crippen LogP) is 5.13. The monoisotopic (exact) mass is 534 g/mol. The lowest BCUT2D eigenvalue weighted by atomic mass is 9.51. The summed E-state index contributed by atoms with van der Waals surface area (Å²) in [7, 11) is 0. The highest BCUT2D eigenvalue weighted by molar-refractivity contribution is 14.1. The fourth-order valence-electron chi connectivity index (χ4n) is 7.78. The number of carbonyl (C=O) groups is 1. The van der Waals surface area contributed by atoms with Crippen molar-refractivity contribution in [3.05, 3.63) is 44.5 Å². The van der Waals surface area contributed by atoms with E-state index in [9.17, 15) is 9.90 Å². The van der Waals surface area contributed by atoms with E-state index in [1.54, 1.807) is 0 Å². The fourth-order valence-corrected chi connectivity index (χ4v) is 8.14. The molecule has 4 fully saturated rings. The lowest BCUT2D eigenvalue weighted by Crippen LogP contribution is -2.53. The molecule has 166 valence electrons. The minimum atomic E-state index is -0.841. The summed E-state index contributed by atoms with van der Waals surface area (Å²) in [6.45, 7) is 3.47. The van der Waals surface area contributed by atoms with E-state index in [-0.39, 0.29) is 11.3 Å². The molecule has 5 atom stereocenters. The first-order valence-corrected chi connectivity index (χ1v) is 12.9. The van der Waals surface area contributed by atoms with Crippen molar-refractivity contribution in [2.75, 3.05) is 13.2 Å². The van der Waals surface area contributed by atoms with Crippen LogP contribution in [0.1, 0.15) is 69.8 Å². The van der Waals surface area contributed by atoms with Crippen LogP contribution in [0.5, 0.6) is 0 Å². The van der Waals surface area contributed by atoms with E-state index in [0.29, 0.717) is 37.3 Å². The van der Waals surface area contributed by atoms with Crippen LogP contribution >= 0.6 is 22.6 Å². The molecule has 1 aliphatic heterocycles. The summed E-state index contributed by atoms with van der Waals surface area (Å²) >= 11 is 2.35. The van der Waals surface area contributed by atoms with Crippen LogP contribution in [0.4, 0.5) is 0 Å². The molecule has 5 aliphatic rings. The van der Waals surface area contributed by atoms with Gasteiger partial charge in [0.2, 0.25) is 0 Å². The maximum Gasteiger partial charge on any atom is 0.171 e. The molecule has 0 radical (unpaired) electrons. The molecule has 0 aromatic heterocycles. The van der Waals surface area contributed by atoms with E-state index in [1.807, 2.05) is 0 Å². The Labute approximate surface area is 197 Å². The second-order valence-corrected chi connectivity index (χ2v) is 11.9. The van der Waals surface area contributed by atoms with Gasteiger partial charge < -0.3 is 14.6 Å². The van der Waals surface area contributed by atoms with Crippen LogP contribution in [0, 0.1) is 20.8 Å². The molecule has 3 unspecified atom stereocenters. The maximum atomic E-state index is 13.1. The van der Waals surface area contributed by atoms with E-state index in [4.69, 9.17) is 9.47 Å². The zero-order valence-corrected chi connectivity index (χ0v) is 20.3. The number of hydrogen-bond donors (Lipinski definition) is 1. The number of ketones is 1. The van der Waals surface area contributed by atoms with Crippen LogP contribution in [-0.4, -0.2) is 35.5 Å². The Balaban J connectivity index is 1.48. The number of Topliss-reactive ketones (excluding diaryl/α,β-unsaturated/α-hetero) is 1. The van der Waals surface area contributed by atoms with Crippen molar-refractivity contribution in [2.24, 2.45) is 17.3 Å². The highest BCUT2D eigenvalue weighted by atomic mass is 127. The van der Waals surface area contributed by atoms with Gasteiger partial charge in [0.05, 0.1) is 18.8 Å². The van der Waals surface area contributed by atoms with Crippen LogP contribution in [0.15, 0.2) is 35.4 Å². The van der Waals surface area contributed by atoms with Crippen LogP contribution in [0.3, 0.4) is 0 Å². The molecule has 5 heteroatoms.